The third-order valence-electron chi connectivity index (χ3n) is 3.75. The molecule has 1 aromatic rings. The molecule has 0 spiro atoms. The Labute approximate surface area is 117 Å². The molecule has 5 heteroatoms. The number of carbonyl (C=O) groups excluding carboxylic acids is 1. The minimum Gasteiger partial charge on any atom is -0.444 e. The van der Waals surface area contributed by atoms with Crippen LogP contribution in [0.3, 0.4) is 0 Å². The fraction of sp³-hybridized carbons (Fsp3) is 0.714. The zero-order valence-corrected chi connectivity index (χ0v) is 12.5. The van der Waals surface area contributed by atoms with E-state index in [9.17, 15) is 4.79 Å². The van der Waals surface area contributed by atoms with Crippen molar-refractivity contribution >= 4 is 17.4 Å². The highest BCUT2D eigenvalue weighted by molar-refractivity contribution is 7.09. The van der Waals surface area contributed by atoms with Gasteiger partial charge in [0.25, 0.3) is 0 Å². The second-order valence-corrected chi connectivity index (χ2v) is 7.24. The number of piperidine rings is 1. The number of hydrogen-bond acceptors (Lipinski definition) is 4. The molecule has 0 N–H and O–H groups in total. The van der Waals surface area contributed by atoms with E-state index < -0.39 is 5.60 Å². The van der Waals surface area contributed by atoms with Gasteiger partial charge in [0, 0.05) is 12.5 Å². The number of ether oxygens (including phenoxy) is 1. The number of amides is 1. The van der Waals surface area contributed by atoms with Gasteiger partial charge in [0.05, 0.1) is 22.1 Å². The predicted molar refractivity (Wildman–Crippen MR) is 74.3 cm³/mol. The molecule has 1 amide bonds. The zero-order chi connectivity index (χ0) is 13.6. The third-order valence-corrected chi connectivity index (χ3v) is 4.73. The molecule has 2 aliphatic rings. The molecule has 2 atom stereocenters. The molecule has 0 radical (unpaired) electrons. The highest BCUT2D eigenvalue weighted by Crippen LogP contribution is 2.43. The Morgan fingerprint density at radius 3 is 3.00 bits per heavy atom. The van der Waals surface area contributed by atoms with E-state index >= 15 is 0 Å². The van der Waals surface area contributed by atoms with Crippen molar-refractivity contribution in [2.45, 2.75) is 64.1 Å². The van der Waals surface area contributed by atoms with Gasteiger partial charge in [0.1, 0.15) is 5.60 Å². The van der Waals surface area contributed by atoms with E-state index in [0.717, 1.165) is 19.3 Å². The number of carbonyl (C=O) groups is 1. The SMILES string of the molecule is CC(C)(C)OC(=O)N1C2CCCC1c1scnc1C2. The Hall–Kier alpha value is -1.10. The van der Waals surface area contributed by atoms with Crippen LogP contribution in [0, 0.1) is 0 Å². The molecule has 1 fully saturated rings. The lowest BCUT2D eigenvalue weighted by Gasteiger charge is -2.45. The number of aromatic nitrogens is 1. The summed E-state index contributed by atoms with van der Waals surface area (Å²) >= 11 is 1.67. The summed E-state index contributed by atoms with van der Waals surface area (Å²) in [6, 6.07) is 0.452. The van der Waals surface area contributed by atoms with Crippen LogP contribution in [0.25, 0.3) is 0 Å². The van der Waals surface area contributed by atoms with Crippen molar-refractivity contribution in [1.82, 2.24) is 9.88 Å². The van der Waals surface area contributed by atoms with Crippen molar-refractivity contribution in [1.29, 1.82) is 0 Å². The van der Waals surface area contributed by atoms with Gasteiger partial charge in [-0.25, -0.2) is 9.78 Å². The van der Waals surface area contributed by atoms with E-state index in [4.69, 9.17) is 4.74 Å². The zero-order valence-electron chi connectivity index (χ0n) is 11.7. The first kappa shape index (κ1) is 12.9. The lowest BCUT2D eigenvalue weighted by molar-refractivity contribution is -0.00912. The van der Waals surface area contributed by atoms with E-state index in [1.807, 2.05) is 31.2 Å². The highest BCUT2D eigenvalue weighted by atomic mass is 32.1. The van der Waals surface area contributed by atoms with Gasteiger partial charge in [-0.15, -0.1) is 11.3 Å². The molecule has 1 saturated heterocycles. The van der Waals surface area contributed by atoms with E-state index in [2.05, 4.69) is 4.98 Å². The van der Waals surface area contributed by atoms with Crippen molar-refractivity contribution in [3.63, 3.8) is 0 Å². The monoisotopic (exact) mass is 280 g/mol. The maximum Gasteiger partial charge on any atom is 0.411 e. The Kier molecular flexibility index (Phi) is 3.04. The number of hydrogen-bond donors (Lipinski definition) is 0. The van der Waals surface area contributed by atoms with Crippen LogP contribution in [0.5, 0.6) is 0 Å². The summed E-state index contributed by atoms with van der Waals surface area (Å²) < 4.78 is 5.58. The largest absolute Gasteiger partial charge is 0.444 e. The molecule has 0 aliphatic carbocycles. The predicted octanol–water partition coefficient (Wildman–Crippen LogP) is 3.53. The lowest BCUT2D eigenvalue weighted by atomic mass is 9.86. The summed E-state index contributed by atoms with van der Waals surface area (Å²) in [5.41, 5.74) is 2.66. The Morgan fingerprint density at radius 1 is 1.47 bits per heavy atom. The second kappa shape index (κ2) is 4.47. The quantitative estimate of drug-likeness (QED) is 0.730. The van der Waals surface area contributed by atoms with Crippen molar-refractivity contribution in [2.75, 3.05) is 0 Å². The van der Waals surface area contributed by atoms with Gasteiger partial charge in [-0.1, -0.05) is 0 Å². The lowest BCUT2D eigenvalue weighted by Crippen LogP contribution is -2.51. The third kappa shape index (κ3) is 2.36. The molecule has 3 heterocycles. The van der Waals surface area contributed by atoms with Crippen molar-refractivity contribution < 1.29 is 9.53 Å². The van der Waals surface area contributed by atoms with Crippen LogP contribution in [0.15, 0.2) is 5.51 Å². The summed E-state index contributed by atoms with van der Waals surface area (Å²) in [5.74, 6) is 0. The van der Waals surface area contributed by atoms with Gasteiger partial charge < -0.3 is 4.74 Å². The smallest absolute Gasteiger partial charge is 0.411 e. The van der Waals surface area contributed by atoms with E-state index in [1.54, 1.807) is 11.3 Å². The van der Waals surface area contributed by atoms with E-state index in [-0.39, 0.29) is 18.2 Å². The summed E-state index contributed by atoms with van der Waals surface area (Å²) in [4.78, 5) is 20.1. The first-order valence-corrected chi connectivity index (χ1v) is 7.77. The molecular weight excluding hydrogens is 260 g/mol. The molecular formula is C14H20N2O2S. The molecule has 0 saturated carbocycles. The van der Waals surface area contributed by atoms with Gasteiger partial charge in [-0.3, -0.25) is 4.90 Å². The van der Waals surface area contributed by atoms with Crippen LogP contribution in [-0.2, 0) is 11.2 Å². The molecule has 1 aromatic heterocycles. The van der Waals surface area contributed by atoms with E-state index in [0.29, 0.717) is 0 Å². The van der Waals surface area contributed by atoms with E-state index in [1.165, 1.54) is 17.0 Å². The number of fused-ring (bicyclic) bond motifs is 4. The fourth-order valence-corrected chi connectivity index (χ4v) is 4.01. The van der Waals surface area contributed by atoms with Gasteiger partial charge in [-0.2, -0.15) is 0 Å². The fourth-order valence-electron chi connectivity index (χ4n) is 3.05. The van der Waals surface area contributed by atoms with Crippen LogP contribution in [0.2, 0.25) is 0 Å². The van der Waals surface area contributed by atoms with Gasteiger partial charge in [0.2, 0.25) is 0 Å². The Bertz CT molecular complexity index is 492. The van der Waals surface area contributed by atoms with Gasteiger partial charge in [-0.05, 0) is 40.0 Å². The average molecular weight is 280 g/mol. The Morgan fingerprint density at radius 2 is 2.26 bits per heavy atom. The number of nitrogens with zero attached hydrogens (tertiary/aromatic N) is 2. The van der Waals surface area contributed by atoms with Gasteiger partial charge in [0.15, 0.2) is 0 Å². The Balaban J connectivity index is 1.88. The second-order valence-electron chi connectivity index (χ2n) is 6.36. The summed E-state index contributed by atoms with van der Waals surface area (Å²) in [5, 5.41) is 0. The average Bonchev–Trinajstić information content (AvgIpc) is 2.73. The van der Waals surface area contributed by atoms with Crippen LogP contribution >= 0.6 is 11.3 Å². The molecule has 104 valence electrons. The molecule has 4 nitrogen and oxygen atoms in total. The van der Waals surface area contributed by atoms with Crippen LogP contribution < -0.4 is 0 Å². The standard InChI is InChI=1S/C14H20N2O2S/c1-14(2,3)18-13(17)16-9-5-4-6-11(16)12-10(7-9)15-8-19-12/h8-9,11H,4-7H2,1-3H3. The minimum atomic E-state index is -0.431. The molecule has 2 aliphatic heterocycles. The summed E-state index contributed by atoms with van der Waals surface area (Å²) in [6.45, 7) is 5.76. The summed E-state index contributed by atoms with van der Waals surface area (Å²) in [7, 11) is 0. The molecule has 0 aromatic carbocycles. The molecule has 2 unspecified atom stereocenters. The maximum absolute atomic E-state index is 12.4. The van der Waals surface area contributed by atoms with Crippen LogP contribution in [0.4, 0.5) is 4.79 Å². The molecule has 3 rings (SSSR count). The van der Waals surface area contributed by atoms with Crippen molar-refractivity contribution in [3.8, 4) is 0 Å². The number of thiazole rings is 1. The van der Waals surface area contributed by atoms with Gasteiger partial charge >= 0.3 is 6.09 Å². The first-order chi connectivity index (χ1) is 8.96. The van der Waals surface area contributed by atoms with Crippen LogP contribution in [0.1, 0.15) is 56.6 Å². The molecule has 19 heavy (non-hydrogen) atoms. The van der Waals surface area contributed by atoms with Crippen LogP contribution in [-0.4, -0.2) is 27.6 Å². The van der Waals surface area contributed by atoms with Crippen molar-refractivity contribution in [2.24, 2.45) is 0 Å². The summed E-state index contributed by atoms with van der Waals surface area (Å²) in [6.07, 6.45) is 4.00. The van der Waals surface area contributed by atoms with Crippen molar-refractivity contribution in [3.05, 3.63) is 16.1 Å². The maximum atomic E-state index is 12.4. The molecule has 2 bridgehead atoms. The minimum absolute atomic E-state index is 0.166. The topological polar surface area (TPSA) is 42.4 Å². The number of rotatable bonds is 0. The normalized spacial score (nSPS) is 25.9. The highest BCUT2D eigenvalue weighted by Gasteiger charge is 2.43. The first-order valence-electron chi connectivity index (χ1n) is 6.89.